The summed E-state index contributed by atoms with van der Waals surface area (Å²) in [6.45, 7) is 4.08. The highest BCUT2D eigenvalue weighted by Gasteiger charge is 2.47. The van der Waals surface area contributed by atoms with Gasteiger partial charge in [0.15, 0.2) is 0 Å². The highest BCUT2D eigenvalue weighted by atomic mass is 16.3. The van der Waals surface area contributed by atoms with E-state index in [0.29, 0.717) is 30.0 Å². The summed E-state index contributed by atoms with van der Waals surface area (Å²) in [5.41, 5.74) is 2.65. The highest BCUT2D eigenvalue weighted by Crippen LogP contribution is 2.40. The van der Waals surface area contributed by atoms with Gasteiger partial charge in [0.25, 0.3) is 11.7 Å². The number of amides is 1. The van der Waals surface area contributed by atoms with Crippen LogP contribution in [0.3, 0.4) is 0 Å². The molecule has 5 heteroatoms. The van der Waals surface area contributed by atoms with Gasteiger partial charge in [-0.1, -0.05) is 60.2 Å². The van der Waals surface area contributed by atoms with Crippen LogP contribution in [0.25, 0.3) is 5.76 Å². The number of benzene rings is 2. The van der Waals surface area contributed by atoms with E-state index in [-0.39, 0.29) is 11.3 Å². The molecule has 2 heterocycles. The van der Waals surface area contributed by atoms with Crippen molar-refractivity contribution >= 4 is 17.4 Å². The van der Waals surface area contributed by atoms with E-state index in [4.69, 9.17) is 4.42 Å². The molecule has 1 fully saturated rings. The molecule has 1 aromatic heterocycles. The SMILES string of the molecule is Cc1ccc(C(O)=C2C(=O)C(=O)N(CCc3ccccc3)C2c2ccc(C)o2)cc1. The summed E-state index contributed by atoms with van der Waals surface area (Å²) >= 11 is 0. The number of likely N-dealkylation sites (tertiary alicyclic amines) is 1. The topological polar surface area (TPSA) is 70.8 Å². The predicted octanol–water partition coefficient (Wildman–Crippen LogP) is 4.56. The fourth-order valence-corrected chi connectivity index (χ4v) is 3.77. The van der Waals surface area contributed by atoms with Crippen molar-refractivity contribution in [2.24, 2.45) is 0 Å². The second-order valence-electron chi connectivity index (χ2n) is 7.54. The van der Waals surface area contributed by atoms with Crippen LogP contribution in [0, 0.1) is 13.8 Å². The lowest BCUT2D eigenvalue weighted by Crippen LogP contribution is -2.31. The number of Topliss-reactive ketones (excluding diaryl/α,β-unsaturated/α-hetero) is 1. The highest BCUT2D eigenvalue weighted by molar-refractivity contribution is 6.46. The molecule has 0 saturated carbocycles. The van der Waals surface area contributed by atoms with Gasteiger partial charge in [0.2, 0.25) is 0 Å². The Balaban J connectivity index is 1.76. The number of aryl methyl sites for hydroxylation is 2. The second-order valence-corrected chi connectivity index (χ2v) is 7.54. The molecule has 4 rings (SSSR count). The third-order valence-electron chi connectivity index (χ3n) is 5.38. The zero-order valence-corrected chi connectivity index (χ0v) is 17.0. The van der Waals surface area contributed by atoms with Crippen LogP contribution < -0.4 is 0 Å². The average Bonchev–Trinajstić information content (AvgIpc) is 3.28. The number of nitrogens with zero attached hydrogens (tertiary/aromatic N) is 1. The molecule has 0 aliphatic carbocycles. The maximum Gasteiger partial charge on any atom is 0.295 e. The van der Waals surface area contributed by atoms with Gasteiger partial charge < -0.3 is 14.4 Å². The van der Waals surface area contributed by atoms with Gasteiger partial charge in [0.1, 0.15) is 23.3 Å². The largest absolute Gasteiger partial charge is 0.507 e. The summed E-state index contributed by atoms with van der Waals surface area (Å²) in [6.07, 6.45) is 0.592. The van der Waals surface area contributed by atoms with Crippen LogP contribution in [-0.2, 0) is 16.0 Å². The Morgan fingerprint density at radius 2 is 1.67 bits per heavy atom. The summed E-state index contributed by atoms with van der Waals surface area (Å²) in [6, 6.07) is 19.7. The van der Waals surface area contributed by atoms with Crippen LogP contribution in [0.15, 0.2) is 76.7 Å². The van der Waals surface area contributed by atoms with Gasteiger partial charge in [-0.3, -0.25) is 9.59 Å². The molecule has 0 bridgehead atoms. The molecule has 1 unspecified atom stereocenters. The van der Waals surface area contributed by atoms with Crippen LogP contribution in [0.1, 0.15) is 34.3 Å². The summed E-state index contributed by atoms with van der Waals surface area (Å²) in [7, 11) is 0. The first-order chi connectivity index (χ1) is 14.5. The Kier molecular flexibility index (Phi) is 5.27. The minimum atomic E-state index is -0.760. The lowest BCUT2D eigenvalue weighted by atomic mass is 9.98. The van der Waals surface area contributed by atoms with Crippen LogP contribution in [0.2, 0.25) is 0 Å². The van der Waals surface area contributed by atoms with Crippen LogP contribution in [0.5, 0.6) is 0 Å². The summed E-state index contributed by atoms with van der Waals surface area (Å²) in [5.74, 6) is -0.365. The minimum absolute atomic E-state index is 0.0614. The van der Waals surface area contributed by atoms with Crippen molar-refractivity contribution in [1.82, 2.24) is 4.90 Å². The van der Waals surface area contributed by atoms with Gasteiger partial charge >= 0.3 is 0 Å². The first kappa shape index (κ1) is 19.7. The number of carbonyl (C=O) groups is 2. The first-order valence-electron chi connectivity index (χ1n) is 9.91. The maximum absolute atomic E-state index is 12.9. The van der Waals surface area contributed by atoms with Gasteiger partial charge in [-0.2, -0.15) is 0 Å². The van der Waals surface area contributed by atoms with Gasteiger partial charge in [0, 0.05) is 12.1 Å². The van der Waals surface area contributed by atoms with E-state index in [0.717, 1.165) is 11.1 Å². The fourth-order valence-electron chi connectivity index (χ4n) is 3.77. The molecule has 1 aliphatic heterocycles. The van der Waals surface area contributed by atoms with E-state index in [1.165, 1.54) is 4.90 Å². The second kappa shape index (κ2) is 8.03. The molecule has 1 saturated heterocycles. The number of rotatable bonds is 5. The van der Waals surface area contributed by atoms with Crippen LogP contribution in [0.4, 0.5) is 0 Å². The first-order valence-corrected chi connectivity index (χ1v) is 9.91. The Labute approximate surface area is 175 Å². The van der Waals surface area contributed by atoms with Gasteiger partial charge in [-0.15, -0.1) is 0 Å². The monoisotopic (exact) mass is 401 g/mol. The number of aliphatic hydroxyl groups excluding tert-OH is 1. The molecular weight excluding hydrogens is 378 g/mol. The lowest BCUT2D eigenvalue weighted by molar-refractivity contribution is -0.140. The Morgan fingerprint density at radius 1 is 0.967 bits per heavy atom. The molecule has 5 nitrogen and oxygen atoms in total. The van der Waals surface area contributed by atoms with E-state index < -0.39 is 17.7 Å². The van der Waals surface area contributed by atoms with Crippen molar-refractivity contribution in [3.8, 4) is 0 Å². The Hall–Kier alpha value is -3.60. The molecule has 1 aliphatic rings. The smallest absolute Gasteiger partial charge is 0.295 e. The van der Waals surface area contributed by atoms with Crippen molar-refractivity contribution < 1.29 is 19.1 Å². The van der Waals surface area contributed by atoms with Crippen molar-refractivity contribution in [3.05, 3.63) is 101 Å². The standard InChI is InChI=1S/C25H23NO4/c1-16-8-11-19(12-9-16)23(27)21-22(20-13-10-17(2)30-20)26(25(29)24(21)28)15-14-18-6-4-3-5-7-18/h3-13,22,27H,14-15H2,1-2H3. The van der Waals surface area contributed by atoms with Gasteiger partial charge in [0.05, 0.1) is 5.57 Å². The predicted molar refractivity (Wildman–Crippen MR) is 114 cm³/mol. The summed E-state index contributed by atoms with van der Waals surface area (Å²) < 4.78 is 5.79. The fraction of sp³-hybridized carbons (Fsp3) is 0.200. The lowest BCUT2D eigenvalue weighted by Gasteiger charge is -2.23. The number of hydrogen-bond acceptors (Lipinski definition) is 4. The zero-order valence-electron chi connectivity index (χ0n) is 17.0. The van der Waals surface area contributed by atoms with Gasteiger partial charge in [-0.05, 0) is 38.0 Å². The normalized spacial score (nSPS) is 18.2. The molecule has 0 spiro atoms. The molecule has 1 atom stereocenters. The molecule has 152 valence electrons. The number of carbonyl (C=O) groups excluding carboxylic acids is 2. The van der Waals surface area contributed by atoms with Crippen LogP contribution >= 0.6 is 0 Å². The number of ketones is 1. The zero-order chi connectivity index (χ0) is 21.3. The van der Waals surface area contributed by atoms with E-state index in [1.807, 2.05) is 49.4 Å². The number of hydrogen-bond donors (Lipinski definition) is 1. The molecule has 2 aromatic carbocycles. The van der Waals surface area contributed by atoms with Crippen molar-refractivity contribution in [3.63, 3.8) is 0 Å². The summed E-state index contributed by atoms with van der Waals surface area (Å²) in [4.78, 5) is 27.3. The van der Waals surface area contributed by atoms with E-state index in [1.54, 1.807) is 31.2 Å². The van der Waals surface area contributed by atoms with E-state index in [2.05, 4.69) is 0 Å². The third-order valence-corrected chi connectivity index (χ3v) is 5.38. The van der Waals surface area contributed by atoms with Crippen LogP contribution in [-0.4, -0.2) is 28.2 Å². The quantitative estimate of drug-likeness (QED) is 0.386. The van der Waals surface area contributed by atoms with Crippen molar-refractivity contribution in [1.29, 1.82) is 0 Å². The van der Waals surface area contributed by atoms with E-state index in [9.17, 15) is 14.7 Å². The van der Waals surface area contributed by atoms with Crippen molar-refractivity contribution in [2.45, 2.75) is 26.3 Å². The van der Waals surface area contributed by atoms with Crippen molar-refractivity contribution in [2.75, 3.05) is 6.54 Å². The molecule has 1 N–H and O–H groups in total. The number of furan rings is 1. The van der Waals surface area contributed by atoms with E-state index >= 15 is 0 Å². The molecule has 30 heavy (non-hydrogen) atoms. The summed E-state index contributed by atoms with van der Waals surface area (Å²) in [5, 5.41) is 11.0. The molecule has 0 radical (unpaired) electrons. The Morgan fingerprint density at radius 3 is 2.30 bits per heavy atom. The number of aliphatic hydroxyl groups is 1. The molecule has 1 amide bonds. The van der Waals surface area contributed by atoms with Gasteiger partial charge in [-0.25, -0.2) is 0 Å². The average molecular weight is 401 g/mol. The maximum atomic E-state index is 12.9. The molecular formula is C25H23NO4. The molecule has 3 aromatic rings. The minimum Gasteiger partial charge on any atom is -0.507 e. The third kappa shape index (κ3) is 3.66. The Bertz CT molecular complexity index is 1110.